The molecule has 144 valence electrons. The summed E-state index contributed by atoms with van der Waals surface area (Å²) >= 11 is 0. The number of fused-ring (bicyclic) bond motifs is 3. The molecule has 1 aliphatic heterocycles. The van der Waals surface area contributed by atoms with Crippen LogP contribution in [-0.2, 0) is 11.3 Å². The maximum atomic E-state index is 13.9. The Balaban J connectivity index is 1.86. The minimum absolute atomic E-state index is 0.0426. The van der Waals surface area contributed by atoms with Crippen LogP contribution in [0.3, 0.4) is 0 Å². The van der Waals surface area contributed by atoms with E-state index in [1.165, 1.54) is 4.90 Å². The van der Waals surface area contributed by atoms with Gasteiger partial charge in [0.2, 0.25) is 0 Å². The van der Waals surface area contributed by atoms with Crippen molar-refractivity contribution in [1.82, 2.24) is 9.88 Å². The van der Waals surface area contributed by atoms with Gasteiger partial charge in [-0.2, -0.15) is 0 Å². The zero-order chi connectivity index (χ0) is 20.0. The summed E-state index contributed by atoms with van der Waals surface area (Å²) in [5, 5.41) is 0.329. The third kappa shape index (κ3) is 2.97. The highest BCUT2D eigenvalue weighted by Crippen LogP contribution is 2.34. The summed E-state index contributed by atoms with van der Waals surface area (Å²) in [6.07, 6.45) is 0. The van der Waals surface area contributed by atoms with Crippen molar-refractivity contribution in [2.24, 2.45) is 0 Å². The first-order valence-corrected chi connectivity index (χ1v) is 8.82. The van der Waals surface area contributed by atoms with Gasteiger partial charge in [0.25, 0.3) is 11.5 Å². The van der Waals surface area contributed by atoms with Gasteiger partial charge in [0, 0.05) is 23.9 Å². The zero-order valence-electron chi connectivity index (χ0n) is 15.4. The second-order valence-corrected chi connectivity index (χ2v) is 6.97. The number of likely N-dealkylation sites (N-methyl/N-ethyl adjacent to an activating group) is 1. The van der Waals surface area contributed by atoms with Gasteiger partial charge in [0.1, 0.15) is 0 Å². The van der Waals surface area contributed by atoms with Crippen molar-refractivity contribution >= 4 is 16.7 Å². The Morgan fingerprint density at radius 2 is 1.89 bits per heavy atom. The van der Waals surface area contributed by atoms with Crippen LogP contribution in [0, 0.1) is 18.6 Å². The molecule has 0 saturated heterocycles. The van der Waals surface area contributed by atoms with Gasteiger partial charge in [0.15, 0.2) is 11.6 Å². The minimum atomic E-state index is -1.09. The molecule has 3 aromatic rings. The molecule has 0 bridgehead atoms. The Morgan fingerprint density at radius 1 is 1.18 bits per heavy atom. The van der Waals surface area contributed by atoms with Crippen LogP contribution in [0.4, 0.5) is 8.78 Å². The first-order chi connectivity index (χ1) is 13.4. The molecule has 0 saturated carbocycles. The number of hydrogen-bond donors (Lipinski definition) is 1. The fourth-order valence-corrected chi connectivity index (χ4v) is 3.67. The standard InChI is InChI=1S/C21H18F2N2O3/c1-11-4-3-5-12(6-11)21(27)25(2)18-10-28-9-17-19(18)13-7-15(22)16(23)8-14(13)20(26)24-17/h3-8,18H,9-10H2,1-2H3,(H,24,26)/t18-/m1/s1. The Bertz CT molecular complexity index is 1160. The molecule has 1 amide bonds. The maximum Gasteiger partial charge on any atom is 0.256 e. The minimum Gasteiger partial charge on any atom is -0.373 e. The molecule has 2 aromatic carbocycles. The number of halogens is 2. The van der Waals surface area contributed by atoms with Crippen molar-refractivity contribution in [3.8, 4) is 0 Å². The fraction of sp³-hybridized carbons (Fsp3) is 0.238. The number of aromatic nitrogens is 1. The lowest BCUT2D eigenvalue weighted by molar-refractivity contribution is 0.0335. The smallest absolute Gasteiger partial charge is 0.256 e. The molecule has 0 fully saturated rings. The van der Waals surface area contributed by atoms with E-state index in [2.05, 4.69) is 4.98 Å². The summed E-state index contributed by atoms with van der Waals surface area (Å²) in [6.45, 7) is 2.20. The first-order valence-electron chi connectivity index (χ1n) is 8.82. The largest absolute Gasteiger partial charge is 0.373 e. The number of rotatable bonds is 2. The van der Waals surface area contributed by atoms with Crippen molar-refractivity contribution in [3.05, 3.63) is 80.8 Å². The van der Waals surface area contributed by atoms with E-state index in [1.54, 1.807) is 25.2 Å². The first kappa shape index (κ1) is 18.3. The maximum absolute atomic E-state index is 13.9. The molecule has 1 aromatic heterocycles. The SMILES string of the molecule is Cc1cccc(C(=O)N(C)[C@@H]2COCc3[nH]c(=O)c4cc(F)c(F)cc4c32)c1. The third-order valence-corrected chi connectivity index (χ3v) is 5.09. The Kier molecular flexibility index (Phi) is 4.47. The van der Waals surface area contributed by atoms with Crippen molar-refractivity contribution in [3.63, 3.8) is 0 Å². The number of H-pyrrole nitrogens is 1. The average molecular weight is 384 g/mol. The second kappa shape index (κ2) is 6.83. The van der Waals surface area contributed by atoms with Crippen LogP contribution >= 0.6 is 0 Å². The third-order valence-electron chi connectivity index (χ3n) is 5.09. The van der Waals surface area contributed by atoms with Crippen LogP contribution < -0.4 is 5.56 Å². The van der Waals surface area contributed by atoms with Crippen LogP contribution in [-0.4, -0.2) is 29.4 Å². The number of aryl methyl sites for hydroxylation is 1. The van der Waals surface area contributed by atoms with Gasteiger partial charge < -0.3 is 14.6 Å². The molecule has 0 unspecified atom stereocenters. The summed E-state index contributed by atoms with van der Waals surface area (Å²) in [5.41, 5.74) is 1.98. The highest BCUT2D eigenvalue weighted by Gasteiger charge is 2.31. The van der Waals surface area contributed by atoms with Gasteiger partial charge in [-0.25, -0.2) is 8.78 Å². The lowest BCUT2D eigenvalue weighted by atomic mass is 9.95. The lowest BCUT2D eigenvalue weighted by Crippen LogP contribution is -2.37. The average Bonchev–Trinajstić information content (AvgIpc) is 2.68. The summed E-state index contributed by atoms with van der Waals surface area (Å²) in [4.78, 5) is 29.5. The van der Waals surface area contributed by atoms with Gasteiger partial charge in [-0.3, -0.25) is 9.59 Å². The van der Waals surface area contributed by atoms with E-state index in [0.717, 1.165) is 17.7 Å². The normalized spacial score (nSPS) is 16.1. The molecule has 0 spiro atoms. The number of nitrogens with one attached hydrogen (secondary N) is 1. The number of ether oxygens (including phenoxy) is 1. The monoisotopic (exact) mass is 384 g/mol. The molecule has 0 radical (unpaired) electrons. The van der Waals surface area contributed by atoms with Gasteiger partial charge in [-0.1, -0.05) is 17.7 Å². The van der Waals surface area contributed by atoms with Crippen molar-refractivity contribution in [1.29, 1.82) is 0 Å². The van der Waals surface area contributed by atoms with Crippen LogP contribution in [0.1, 0.15) is 33.2 Å². The topological polar surface area (TPSA) is 62.4 Å². The summed E-state index contributed by atoms with van der Waals surface area (Å²) in [7, 11) is 1.63. The zero-order valence-corrected chi connectivity index (χ0v) is 15.4. The molecule has 7 heteroatoms. The molecular weight excluding hydrogens is 366 g/mol. The van der Waals surface area contributed by atoms with E-state index in [9.17, 15) is 18.4 Å². The van der Waals surface area contributed by atoms with Crippen LogP contribution in [0.25, 0.3) is 10.8 Å². The molecular formula is C21H18F2N2O3. The van der Waals surface area contributed by atoms with Gasteiger partial charge in [-0.05, 0) is 36.6 Å². The number of pyridine rings is 1. The number of amides is 1. The van der Waals surface area contributed by atoms with Crippen LogP contribution in [0.5, 0.6) is 0 Å². The van der Waals surface area contributed by atoms with E-state index in [1.807, 2.05) is 13.0 Å². The van der Waals surface area contributed by atoms with E-state index >= 15 is 0 Å². The van der Waals surface area contributed by atoms with Gasteiger partial charge in [-0.15, -0.1) is 0 Å². The van der Waals surface area contributed by atoms with Crippen molar-refractivity contribution in [2.75, 3.05) is 13.7 Å². The quantitative estimate of drug-likeness (QED) is 0.736. The molecule has 0 aliphatic carbocycles. The van der Waals surface area contributed by atoms with E-state index in [4.69, 9.17) is 4.74 Å². The van der Waals surface area contributed by atoms with E-state index in [0.29, 0.717) is 16.8 Å². The number of carbonyl (C=O) groups excluding carboxylic acids is 1. The number of hydrogen-bond acceptors (Lipinski definition) is 3. The fourth-order valence-electron chi connectivity index (χ4n) is 3.67. The lowest BCUT2D eigenvalue weighted by Gasteiger charge is -2.34. The van der Waals surface area contributed by atoms with Crippen molar-refractivity contribution in [2.45, 2.75) is 19.6 Å². The summed E-state index contributed by atoms with van der Waals surface area (Å²) < 4.78 is 33.2. The molecule has 5 nitrogen and oxygen atoms in total. The summed E-state index contributed by atoms with van der Waals surface area (Å²) in [6, 6.07) is 8.54. The van der Waals surface area contributed by atoms with Gasteiger partial charge >= 0.3 is 0 Å². The highest BCUT2D eigenvalue weighted by molar-refractivity contribution is 5.95. The molecule has 4 rings (SSSR count). The predicted molar refractivity (Wildman–Crippen MR) is 100 cm³/mol. The Morgan fingerprint density at radius 3 is 2.61 bits per heavy atom. The number of nitrogens with zero attached hydrogens (tertiary/aromatic N) is 1. The molecule has 1 atom stereocenters. The molecule has 28 heavy (non-hydrogen) atoms. The predicted octanol–water partition coefficient (Wildman–Crippen LogP) is 3.46. The van der Waals surface area contributed by atoms with E-state index in [-0.39, 0.29) is 29.9 Å². The second-order valence-electron chi connectivity index (χ2n) is 6.97. The van der Waals surface area contributed by atoms with Crippen LogP contribution in [0.15, 0.2) is 41.2 Å². The van der Waals surface area contributed by atoms with Crippen molar-refractivity contribution < 1.29 is 18.3 Å². The molecule has 1 N–H and O–H groups in total. The van der Waals surface area contributed by atoms with Gasteiger partial charge in [0.05, 0.1) is 24.6 Å². The molecule has 2 heterocycles. The molecule has 1 aliphatic rings. The number of benzene rings is 2. The van der Waals surface area contributed by atoms with Crippen LogP contribution in [0.2, 0.25) is 0 Å². The van der Waals surface area contributed by atoms with E-state index < -0.39 is 23.2 Å². The Labute approximate surface area is 159 Å². The number of aromatic amines is 1. The highest BCUT2D eigenvalue weighted by atomic mass is 19.2. The Hall–Kier alpha value is -3.06. The summed E-state index contributed by atoms with van der Waals surface area (Å²) in [5.74, 6) is -2.36. The number of carbonyl (C=O) groups is 1.